The van der Waals surface area contributed by atoms with Crippen molar-refractivity contribution < 1.29 is 9.90 Å². The maximum absolute atomic E-state index is 12.2. The van der Waals surface area contributed by atoms with Crippen molar-refractivity contribution in [3.63, 3.8) is 0 Å². The van der Waals surface area contributed by atoms with Gasteiger partial charge in [0.2, 0.25) is 0 Å². The smallest absolute Gasteiger partial charge is 0.272 e. The molecule has 1 heterocycles. The molecule has 2 rings (SSSR count). The number of aromatic amines is 1. The second-order valence-electron chi connectivity index (χ2n) is 5.92. The number of H-pyrrole nitrogens is 1. The quantitative estimate of drug-likeness (QED) is 0.731. The minimum absolute atomic E-state index is 0.107. The zero-order valence-electron chi connectivity index (χ0n) is 13.0. The van der Waals surface area contributed by atoms with Crippen LogP contribution in [0.3, 0.4) is 0 Å². The second-order valence-corrected chi connectivity index (χ2v) is 5.92. The monoisotopic (exact) mass is 301 g/mol. The predicted molar refractivity (Wildman–Crippen MR) is 85.6 cm³/mol. The number of carbonyl (C=O) groups is 1. The number of aliphatic hydroxyl groups is 1. The minimum atomic E-state index is -0.319. The molecule has 5 nitrogen and oxygen atoms in total. The van der Waals surface area contributed by atoms with Gasteiger partial charge in [-0.2, -0.15) is 5.10 Å². The number of hydrogen-bond acceptors (Lipinski definition) is 3. The summed E-state index contributed by atoms with van der Waals surface area (Å²) in [6.07, 6.45) is 1.44. The molecule has 0 aliphatic heterocycles. The highest BCUT2D eigenvalue weighted by atomic mass is 16.3. The number of hydrogen-bond donors (Lipinski definition) is 3. The largest absolute Gasteiger partial charge is 0.394 e. The van der Waals surface area contributed by atoms with E-state index >= 15 is 0 Å². The molecule has 0 aliphatic carbocycles. The average Bonchev–Trinajstić information content (AvgIpc) is 2.95. The van der Waals surface area contributed by atoms with Crippen LogP contribution in [0.1, 0.15) is 35.6 Å². The lowest BCUT2D eigenvalue weighted by atomic mass is 10.1. The molecule has 0 saturated carbocycles. The molecule has 3 N–H and O–H groups in total. The van der Waals surface area contributed by atoms with Crippen molar-refractivity contribution in [2.24, 2.45) is 5.92 Å². The minimum Gasteiger partial charge on any atom is -0.394 e. The van der Waals surface area contributed by atoms with Crippen LogP contribution in [0.25, 0.3) is 0 Å². The van der Waals surface area contributed by atoms with Gasteiger partial charge in [0.25, 0.3) is 5.91 Å². The number of amides is 1. The van der Waals surface area contributed by atoms with Gasteiger partial charge in [-0.15, -0.1) is 0 Å². The Kier molecular flexibility index (Phi) is 5.72. The number of aromatic nitrogens is 2. The summed E-state index contributed by atoms with van der Waals surface area (Å²) >= 11 is 0. The van der Waals surface area contributed by atoms with Gasteiger partial charge < -0.3 is 10.4 Å². The predicted octanol–water partition coefficient (Wildman–Crippen LogP) is 1.94. The Morgan fingerprint density at radius 3 is 2.64 bits per heavy atom. The van der Waals surface area contributed by atoms with E-state index in [0.29, 0.717) is 18.0 Å². The molecule has 1 amide bonds. The molecule has 0 saturated heterocycles. The van der Waals surface area contributed by atoms with E-state index in [2.05, 4.69) is 29.4 Å². The molecule has 0 spiro atoms. The molecule has 5 heteroatoms. The van der Waals surface area contributed by atoms with E-state index in [-0.39, 0.29) is 18.6 Å². The highest BCUT2D eigenvalue weighted by Crippen LogP contribution is 2.08. The van der Waals surface area contributed by atoms with Crippen LogP contribution in [0.15, 0.2) is 36.4 Å². The fourth-order valence-electron chi connectivity index (χ4n) is 2.34. The van der Waals surface area contributed by atoms with Crippen molar-refractivity contribution in [3.8, 4) is 0 Å². The first-order valence-corrected chi connectivity index (χ1v) is 7.58. The Hall–Kier alpha value is -2.14. The van der Waals surface area contributed by atoms with Gasteiger partial charge in [-0.1, -0.05) is 44.2 Å². The summed E-state index contributed by atoms with van der Waals surface area (Å²) in [5.74, 6) is 0.237. The van der Waals surface area contributed by atoms with Gasteiger partial charge in [0.05, 0.1) is 12.6 Å². The Labute approximate surface area is 130 Å². The number of rotatable bonds is 7. The van der Waals surface area contributed by atoms with Gasteiger partial charge in [-0.05, 0) is 30.4 Å². The first-order chi connectivity index (χ1) is 10.6. The topological polar surface area (TPSA) is 78.0 Å². The molecular formula is C17H23N3O2. The Morgan fingerprint density at radius 1 is 1.27 bits per heavy atom. The number of aliphatic hydroxyl groups excluding tert-OH is 1. The first-order valence-electron chi connectivity index (χ1n) is 7.58. The lowest BCUT2D eigenvalue weighted by Crippen LogP contribution is -2.39. The van der Waals surface area contributed by atoms with Crippen molar-refractivity contribution >= 4 is 5.91 Å². The van der Waals surface area contributed by atoms with Gasteiger partial charge >= 0.3 is 0 Å². The molecule has 118 valence electrons. The molecule has 1 aromatic carbocycles. The molecule has 2 aromatic rings. The van der Waals surface area contributed by atoms with Crippen LogP contribution in [0.5, 0.6) is 0 Å². The van der Waals surface area contributed by atoms with Gasteiger partial charge in [0, 0.05) is 5.69 Å². The average molecular weight is 301 g/mol. The molecule has 0 radical (unpaired) electrons. The maximum atomic E-state index is 12.2. The van der Waals surface area contributed by atoms with Crippen LogP contribution in [0.2, 0.25) is 0 Å². The third kappa shape index (κ3) is 4.70. The summed E-state index contributed by atoms with van der Waals surface area (Å²) in [5.41, 5.74) is 2.38. The summed E-state index contributed by atoms with van der Waals surface area (Å²) in [5, 5.41) is 19.2. The fraction of sp³-hybridized carbons (Fsp3) is 0.412. The summed E-state index contributed by atoms with van der Waals surface area (Å²) in [7, 11) is 0. The lowest BCUT2D eigenvalue weighted by Gasteiger charge is -2.15. The molecule has 0 fully saturated rings. The summed E-state index contributed by atoms with van der Waals surface area (Å²) in [6, 6.07) is 11.2. The van der Waals surface area contributed by atoms with Gasteiger partial charge in [-0.3, -0.25) is 9.89 Å². The van der Waals surface area contributed by atoms with Crippen LogP contribution in [-0.4, -0.2) is 33.9 Å². The van der Waals surface area contributed by atoms with E-state index in [4.69, 9.17) is 0 Å². The van der Waals surface area contributed by atoms with E-state index in [1.54, 1.807) is 6.07 Å². The zero-order valence-corrected chi connectivity index (χ0v) is 13.0. The molecular weight excluding hydrogens is 278 g/mol. The van der Waals surface area contributed by atoms with E-state index in [1.807, 2.05) is 30.3 Å². The normalized spacial score (nSPS) is 12.4. The SMILES string of the molecule is CC(C)Cc1cc(C(=O)N[C@@H](CO)Cc2ccccc2)n[nH]1. The fourth-order valence-corrected chi connectivity index (χ4v) is 2.34. The Morgan fingerprint density at radius 2 is 2.00 bits per heavy atom. The van der Waals surface area contributed by atoms with Crippen molar-refractivity contribution in [1.82, 2.24) is 15.5 Å². The van der Waals surface area contributed by atoms with E-state index < -0.39 is 0 Å². The molecule has 0 bridgehead atoms. The molecule has 22 heavy (non-hydrogen) atoms. The van der Waals surface area contributed by atoms with Gasteiger partial charge in [0.15, 0.2) is 0 Å². The molecule has 1 atom stereocenters. The standard InChI is InChI=1S/C17H23N3O2/c1-12(2)8-14-10-16(20-19-14)17(22)18-15(11-21)9-13-6-4-3-5-7-13/h3-7,10,12,15,21H,8-9,11H2,1-2H3,(H,18,22)(H,19,20)/t15-/m1/s1. The molecule has 0 aliphatic rings. The third-order valence-corrected chi connectivity index (χ3v) is 3.37. The van der Waals surface area contributed by atoms with Crippen LogP contribution in [0.4, 0.5) is 0 Å². The molecule has 1 aromatic heterocycles. The Bertz CT molecular complexity index is 593. The van der Waals surface area contributed by atoms with E-state index in [1.165, 1.54) is 0 Å². The summed E-state index contributed by atoms with van der Waals surface area (Å²) < 4.78 is 0. The Balaban J connectivity index is 1.95. The van der Waals surface area contributed by atoms with Crippen LogP contribution < -0.4 is 5.32 Å². The van der Waals surface area contributed by atoms with E-state index in [0.717, 1.165) is 17.7 Å². The van der Waals surface area contributed by atoms with Gasteiger partial charge in [-0.25, -0.2) is 0 Å². The van der Waals surface area contributed by atoms with Crippen molar-refractivity contribution in [1.29, 1.82) is 0 Å². The van der Waals surface area contributed by atoms with Crippen molar-refractivity contribution in [2.75, 3.05) is 6.61 Å². The number of nitrogens with one attached hydrogen (secondary N) is 2. The second kappa shape index (κ2) is 7.75. The van der Waals surface area contributed by atoms with E-state index in [9.17, 15) is 9.90 Å². The molecule has 0 unspecified atom stereocenters. The van der Waals surface area contributed by atoms with Crippen molar-refractivity contribution in [2.45, 2.75) is 32.7 Å². The van der Waals surface area contributed by atoms with Crippen molar-refractivity contribution in [3.05, 3.63) is 53.3 Å². The van der Waals surface area contributed by atoms with Gasteiger partial charge in [0.1, 0.15) is 5.69 Å². The third-order valence-electron chi connectivity index (χ3n) is 3.37. The zero-order chi connectivity index (χ0) is 15.9. The highest BCUT2D eigenvalue weighted by molar-refractivity contribution is 5.92. The summed E-state index contributed by atoms with van der Waals surface area (Å²) in [6.45, 7) is 4.12. The van der Waals surface area contributed by atoms with Crippen LogP contribution in [-0.2, 0) is 12.8 Å². The number of nitrogens with zero attached hydrogens (tertiary/aromatic N) is 1. The lowest BCUT2D eigenvalue weighted by molar-refractivity contribution is 0.0911. The number of carbonyl (C=O) groups excluding carboxylic acids is 1. The van der Waals surface area contributed by atoms with Crippen LogP contribution in [0, 0.1) is 5.92 Å². The first kappa shape index (κ1) is 16.2. The number of benzene rings is 1. The van der Waals surface area contributed by atoms with Crippen LogP contribution >= 0.6 is 0 Å². The highest BCUT2D eigenvalue weighted by Gasteiger charge is 2.16. The summed E-state index contributed by atoms with van der Waals surface area (Å²) in [4.78, 5) is 12.2. The maximum Gasteiger partial charge on any atom is 0.272 e.